The van der Waals surface area contributed by atoms with Gasteiger partial charge in [-0.1, -0.05) is 37.4 Å². The van der Waals surface area contributed by atoms with Crippen molar-refractivity contribution in [2.75, 3.05) is 39.5 Å². The molecule has 3 heterocycles. The number of halogens is 1. The number of amides is 1. The maximum Gasteiger partial charge on any atom is 0.209 e. The predicted molar refractivity (Wildman–Crippen MR) is 145 cm³/mol. The van der Waals surface area contributed by atoms with E-state index in [1.807, 2.05) is 39.0 Å². The van der Waals surface area contributed by atoms with Crippen molar-refractivity contribution in [2.24, 2.45) is 0 Å². The summed E-state index contributed by atoms with van der Waals surface area (Å²) in [6, 6.07) is 8.05. The molecule has 0 saturated heterocycles. The molecule has 2 N–H and O–H groups in total. The zero-order valence-corrected chi connectivity index (χ0v) is 21.6. The number of hydrogen-bond acceptors (Lipinski definition) is 4. The molecule has 6 nitrogen and oxygen atoms in total. The minimum atomic E-state index is 0.626. The first-order valence-corrected chi connectivity index (χ1v) is 11.7. The molecule has 0 saturated carbocycles. The van der Waals surface area contributed by atoms with Crippen LogP contribution in [0, 0.1) is 19.3 Å². The largest absolute Gasteiger partial charge is 0.355 e. The highest BCUT2D eigenvalue weighted by Crippen LogP contribution is 2.32. The normalized spacial score (nSPS) is 12.9. The number of rotatable bonds is 4. The molecule has 1 aliphatic heterocycles. The molecule has 4 rings (SSSR count). The SMILES string of the molecule is C#Cc1cc(Nc2ccnc3[nH]c(C4=CCN(C)CC4)cc23)cc(C)c1Cl.CC.CN(C)C=O. The van der Waals surface area contributed by atoms with Gasteiger partial charge in [0.15, 0.2) is 0 Å². The molecule has 0 atom stereocenters. The second-order valence-electron chi connectivity index (χ2n) is 8.04. The second-order valence-corrected chi connectivity index (χ2v) is 8.42. The van der Waals surface area contributed by atoms with Crippen LogP contribution in [-0.2, 0) is 4.79 Å². The average Bonchev–Trinajstić information content (AvgIpc) is 3.29. The third-order valence-electron chi connectivity index (χ3n) is 5.19. The molecule has 0 spiro atoms. The second kappa shape index (κ2) is 12.8. The van der Waals surface area contributed by atoms with Gasteiger partial charge in [-0.15, -0.1) is 6.42 Å². The quantitative estimate of drug-likeness (QED) is 0.372. The van der Waals surface area contributed by atoms with Gasteiger partial charge in [-0.2, -0.15) is 0 Å². The van der Waals surface area contributed by atoms with Crippen LogP contribution >= 0.6 is 11.6 Å². The van der Waals surface area contributed by atoms with Crippen molar-refractivity contribution in [3.63, 3.8) is 0 Å². The lowest BCUT2D eigenvalue weighted by molar-refractivity contribution is -0.115. The number of nitrogens with one attached hydrogen (secondary N) is 2. The molecule has 1 aliphatic rings. The molecule has 0 aliphatic carbocycles. The van der Waals surface area contributed by atoms with E-state index in [4.69, 9.17) is 18.0 Å². The Balaban J connectivity index is 0.000000520. The molecular weight excluding hydrogens is 446 g/mol. The Labute approximate surface area is 208 Å². The van der Waals surface area contributed by atoms with Gasteiger partial charge in [0.2, 0.25) is 6.41 Å². The topological polar surface area (TPSA) is 64.3 Å². The number of carbonyl (C=O) groups is 1. The molecule has 1 amide bonds. The molecule has 0 radical (unpaired) electrons. The van der Waals surface area contributed by atoms with E-state index < -0.39 is 0 Å². The first kappa shape index (κ1) is 27.0. The Morgan fingerprint density at radius 2 is 2.00 bits per heavy atom. The van der Waals surface area contributed by atoms with Crippen LogP contribution in [-0.4, -0.2) is 60.4 Å². The number of carbonyl (C=O) groups excluding carboxylic acids is 1. The van der Waals surface area contributed by atoms with E-state index in [0.29, 0.717) is 10.6 Å². The minimum Gasteiger partial charge on any atom is -0.355 e. The number of nitrogens with zero attached hydrogens (tertiary/aromatic N) is 3. The molecule has 2 aromatic heterocycles. The van der Waals surface area contributed by atoms with Crippen molar-refractivity contribution in [1.82, 2.24) is 19.8 Å². The summed E-state index contributed by atoms with van der Waals surface area (Å²) in [5.74, 6) is 2.65. The molecular formula is C27H34ClN5O. The van der Waals surface area contributed by atoms with E-state index in [0.717, 1.165) is 59.6 Å². The van der Waals surface area contributed by atoms with Gasteiger partial charge in [0.25, 0.3) is 0 Å². The summed E-state index contributed by atoms with van der Waals surface area (Å²) in [7, 11) is 5.51. The standard InChI is InChI=1S/C22H21ClN4.C3H7NO.C2H6/c1-4-15-12-17(11-14(2)21(15)23)25-19-5-8-24-22-18(19)13-20(26-22)16-6-9-27(3)10-7-16;1-4(2)3-5;1-2/h1,5-6,8,11-13H,7,9-10H2,2-3H3,(H2,24,25,26);3H,1-2H3;1-2H3. The number of aromatic nitrogens is 2. The molecule has 1 aromatic carbocycles. The fourth-order valence-corrected chi connectivity index (χ4v) is 3.59. The van der Waals surface area contributed by atoms with Crippen molar-refractivity contribution in [3.8, 4) is 12.3 Å². The number of anilines is 2. The summed E-state index contributed by atoms with van der Waals surface area (Å²) in [5, 5.41) is 5.15. The number of hydrogen-bond donors (Lipinski definition) is 2. The first-order chi connectivity index (χ1) is 16.3. The number of pyridine rings is 1. The summed E-state index contributed by atoms with van der Waals surface area (Å²) >= 11 is 6.27. The van der Waals surface area contributed by atoms with Gasteiger partial charge in [-0.25, -0.2) is 4.98 Å². The zero-order valence-electron chi connectivity index (χ0n) is 20.9. The third kappa shape index (κ3) is 6.86. The van der Waals surface area contributed by atoms with Crippen molar-refractivity contribution >= 4 is 46.0 Å². The first-order valence-electron chi connectivity index (χ1n) is 11.3. The van der Waals surface area contributed by atoms with E-state index in [9.17, 15) is 4.79 Å². The average molecular weight is 480 g/mol. The van der Waals surface area contributed by atoms with Crippen LogP contribution in [0.3, 0.4) is 0 Å². The summed E-state index contributed by atoms with van der Waals surface area (Å²) < 4.78 is 0. The summed E-state index contributed by atoms with van der Waals surface area (Å²) in [6.45, 7) is 8.00. The van der Waals surface area contributed by atoms with Crippen LogP contribution in [0.2, 0.25) is 5.02 Å². The van der Waals surface area contributed by atoms with Crippen molar-refractivity contribution < 1.29 is 4.79 Å². The maximum absolute atomic E-state index is 9.43. The van der Waals surface area contributed by atoms with Gasteiger partial charge >= 0.3 is 0 Å². The maximum atomic E-state index is 9.43. The molecule has 7 heteroatoms. The van der Waals surface area contributed by atoms with Crippen LogP contribution in [0.1, 0.15) is 37.1 Å². The highest BCUT2D eigenvalue weighted by atomic mass is 35.5. The van der Waals surface area contributed by atoms with E-state index in [1.165, 1.54) is 10.5 Å². The summed E-state index contributed by atoms with van der Waals surface area (Å²) in [4.78, 5) is 21.1. The lowest BCUT2D eigenvalue weighted by Crippen LogP contribution is -2.23. The van der Waals surface area contributed by atoms with E-state index >= 15 is 0 Å². The Morgan fingerprint density at radius 3 is 2.59 bits per heavy atom. The van der Waals surface area contributed by atoms with Crippen LogP contribution in [0.5, 0.6) is 0 Å². The fourth-order valence-electron chi connectivity index (χ4n) is 3.43. The number of aryl methyl sites for hydroxylation is 1. The van der Waals surface area contributed by atoms with Gasteiger partial charge in [0.1, 0.15) is 5.65 Å². The van der Waals surface area contributed by atoms with Crippen LogP contribution in [0.25, 0.3) is 16.6 Å². The van der Waals surface area contributed by atoms with Crippen LogP contribution in [0.4, 0.5) is 11.4 Å². The van der Waals surface area contributed by atoms with Gasteiger partial charge in [0, 0.05) is 55.7 Å². The number of H-pyrrole nitrogens is 1. The molecule has 34 heavy (non-hydrogen) atoms. The van der Waals surface area contributed by atoms with Gasteiger partial charge < -0.3 is 20.1 Å². The van der Waals surface area contributed by atoms with Gasteiger partial charge in [-0.05, 0) is 55.8 Å². The zero-order chi connectivity index (χ0) is 25.3. The van der Waals surface area contributed by atoms with Gasteiger partial charge in [0.05, 0.1) is 10.7 Å². The Kier molecular flexibility index (Phi) is 10.2. The van der Waals surface area contributed by atoms with E-state index in [2.05, 4.69) is 45.3 Å². The molecule has 0 unspecified atom stereocenters. The molecule has 180 valence electrons. The summed E-state index contributed by atoms with van der Waals surface area (Å²) in [6.07, 6.45) is 11.5. The highest BCUT2D eigenvalue weighted by molar-refractivity contribution is 6.32. The smallest absolute Gasteiger partial charge is 0.209 e. The van der Waals surface area contributed by atoms with Crippen LogP contribution in [0.15, 0.2) is 36.5 Å². The lowest BCUT2D eigenvalue weighted by Gasteiger charge is -2.21. The Morgan fingerprint density at radius 1 is 1.29 bits per heavy atom. The van der Waals surface area contributed by atoms with E-state index in [1.54, 1.807) is 20.3 Å². The predicted octanol–water partition coefficient (Wildman–Crippen LogP) is 5.70. The Bertz CT molecular complexity index is 1190. The van der Waals surface area contributed by atoms with Gasteiger partial charge in [-0.3, -0.25) is 4.79 Å². The number of likely N-dealkylation sites (N-methyl/N-ethyl adjacent to an activating group) is 1. The minimum absolute atomic E-state index is 0.626. The fraction of sp³-hybridized carbons (Fsp3) is 0.333. The number of fused-ring (bicyclic) bond motifs is 1. The van der Waals surface area contributed by atoms with Crippen molar-refractivity contribution in [3.05, 3.63) is 58.4 Å². The van der Waals surface area contributed by atoms with Crippen molar-refractivity contribution in [2.45, 2.75) is 27.2 Å². The molecule has 0 bridgehead atoms. The van der Waals surface area contributed by atoms with E-state index in [-0.39, 0.29) is 0 Å². The van der Waals surface area contributed by atoms with Crippen LogP contribution < -0.4 is 5.32 Å². The van der Waals surface area contributed by atoms with Crippen molar-refractivity contribution in [1.29, 1.82) is 0 Å². The molecule has 3 aromatic rings. The molecule has 0 fully saturated rings. The lowest BCUT2D eigenvalue weighted by atomic mass is 10.1. The summed E-state index contributed by atoms with van der Waals surface area (Å²) in [5.41, 5.74) is 6.89. The monoisotopic (exact) mass is 479 g/mol. The Hall–Kier alpha value is -3.27. The number of benzene rings is 1. The number of terminal acetylenes is 1. The number of aromatic amines is 1. The highest BCUT2D eigenvalue weighted by Gasteiger charge is 2.14. The third-order valence-corrected chi connectivity index (χ3v) is 5.69.